The zero-order chi connectivity index (χ0) is 14.7. The maximum atomic E-state index is 6.37. The number of ether oxygens (including phenoxy) is 1. The average molecular weight is 354 g/mol. The van der Waals surface area contributed by atoms with Crippen molar-refractivity contribution in [2.45, 2.75) is 25.6 Å². The van der Waals surface area contributed by atoms with Crippen LogP contribution >= 0.6 is 27.5 Å². The number of hydrogen-bond donors (Lipinski definition) is 0. The lowest BCUT2D eigenvalue weighted by Gasteiger charge is -2.15. The molecule has 106 valence electrons. The Bertz CT molecular complexity index is 593. The second-order valence-corrected chi connectivity index (χ2v) is 6.15. The first kappa shape index (κ1) is 15.4. The average Bonchev–Trinajstić information content (AvgIpc) is 2.43. The number of aryl methyl sites for hydroxylation is 2. The molecule has 0 bridgehead atoms. The molecule has 1 nitrogen and oxygen atoms in total. The van der Waals surface area contributed by atoms with E-state index >= 15 is 0 Å². The van der Waals surface area contributed by atoms with Crippen LogP contribution in [0.5, 0.6) is 5.75 Å². The third-order valence-corrected chi connectivity index (χ3v) is 4.72. The summed E-state index contributed by atoms with van der Waals surface area (Å²) in [6, 6.07) is 12.3. The van der Waals surface area contributed by atoms with Crippen LogP contribution in [-0.2, 0) is 0 Å². The smallest absolute Gasteiger partial charge is 0.119 e. The van der Waals surface area contributed by atoms with Crippen LogP contribution in [0, 0.1) is 13.8 Å². The van der Waals surface area contributed by atoms with Crippen LogP contribution in [0.3, 0.4) is 0 Å². The van der Waals surface area contributed by atoms with Crippen molar-refractivity contribution in [3.8, 4) is 5.75 Å². The van der Waals surface area contributed by atoms with Gasteiger partial charge in [0.15, 0.2) is 0 Å². The Morgan fingerprint density at radius 3 is 2.30 bits per heavy atom. The van der Waals surface area contributed by atoms with Crippen LogP contribution in [0.1, 0.15) is 34.0 Å². The van der Waals surface area contributed by atoms with Gasteiger partial charge in [0.2, 0.25) is 0 Å². The highest BCUT2D eigenvalue weighted by atomic mass is 79.9. The van der Waals surface area contributed by atoms with E-state index in [1.807, 2.05) is 25.1 Å². The fourth-order valence-electron chi connectivity index (χ4n) is 2.08. The van der Waals surface area contributed by atoms with Crippen LogP contribution in [0.25, 0.3) is 0 Å². The van der Waals surface area contributed by atoms with Gasteiger partial charge in [-0.05, 0) is 61.2 Å². The van der Waals surface area contributed by atoms with Gasteiger partial charge < -0.3 is 4.74 Å². The third-order valence-electron chi connectivity index (χ3n) is 3.37. The van der Waals surface area contributed by atoms with E-state index in [1.54, 1.807) is 0 Å². The molecule has 0 fully saturated rings. The Labute approximate surface area is 134 Å². The molecule has 2 aromatic rings. The largest absolute Gasteiger partial charge is 0.494 e. The number of benzene rings is 2. The molecule has 0 spiro atoms. The van der Waals surface area contributed by atoms with E-state index in [0.29, 0.717) is 6.61 Å². The molecule has 1 unspecified atom stereocenters. The van der Waals surface area contributed by atoms with E-state index in [1.165, 1.54) is 16.7 Å². The van der Waals surface area contributed by atoms with Gasteiger partial charge in [-0.2, -0.15) is 0 Å². The van der Waals surface area contributed by atoms with Gasteiger partial charge in [0, 0.05) is 5.02 Å². The maximum absolute atomic E-state index is 6.37. The Hall–Kier alpha value is -0.990. The van der Waals surface area contributed by atoms with Gasteiger partial charge >= 0.3 is 0 Å². The predicted molar refractivity (Wildman–Crippen MR) is 89.3 cm³/mol. The highest BCUT2D eigenvalue weighted by Gasteiger charge is 2.15. The van der Waals surface area contributed by atoms with Crippen LogP contribution in [0.15, 0.2) is 36.4 Å². The van der Waals surface area contributed by atoms with Gasteiger partial charge in [-0.15, -0.1) is 0 Å². The highest BCUT2D eigenvalue weighted by molar-refractivity contribution is 9.09. The zero-order valence-corrected chi connectivity index (χ0v) is 14.3. The van der Waals surface area contributed by atoms with Gasteiger partial charge in [0.05, 0.1) is 11.4 Å². The van der Waals surface area contributed by atoms with Crippen molar-refractivity contribution in [2.75, 3.05) is 6.61 Å². The molecule has 0 aliphatic heterocycles. The maximum Gasteiger partial charge on any atom is 0.119 e. The van der Waals surface area contributed by atoms with E-state index in [9.17, 15) is 0 Å². The van der Waals surface area contributed by atoms with Gasteiger partial charge in [-0.1, -0.05) is 45.7 Å². The summed E-state index contributed by atoms with van der Waals surface area (Å²) in [5, 5.41) is 0.795. The standard InChI is InChI=1S/C17H18BrClO/c1-4-20-14-7-5-13(6-8-14)17(18)15-9-11(2)12(3)10-16(15)19/h5-10,17H,4H2,1-3H3. The van der Waals surface area contributed by atoms with Gasteiger partial charge in [-0.25, -0.2) is 0 Å². The van der Waals surface area contributed by atoms with Crippen LogP contribution < -0.4 is 4.74 Å². The number of alkyl halides is 1. The Morgan fingerprint density at radius 1 is 1.10 bits per heavy atom. The first-order valence-corrected chi connectivity index (χ1v) is 7.95. The summed E-state index contributed by atoms with van der Waals surface area (Å²) in [7, 11) is 0. The minimum absolute atomic E-state index is 0.0879. The fourth-order valence-corrected chi connectivity index (χ4v) is 3.22. The van der Waals surface area contributed by atoms with E-state index in [2.05, 4.69) is 48.0 Å². The van der Waals surface area contributed by atoms with Crippen LogP contribution in [0.4, 0.5) is 0 Å². The molecule has 2 rings (SSSR count). The summed E-state index contributed by atoms with van der Waals surface area (Å²) in [6.07, 6.45) is 0. The summed E-state index contributed by atoms with van der Waals surface area (Å²) in [5.41, 5.74) is 4.72. The highest BCUT2D eigenvalue weighted by Crippen LogP contribution is 2.37. The second-order valence-electron chi connectivity index (χ2n) is 4.82. The number of halogens is 2. The van der Waals surface area contributed by atoms with E-state index in [4.69, 9.17) is 16.3 Å². The molecule has 0 saturated carbocycles. The molecular formula is C17H18BrClO. The van der Waals surface area contributed by atoms with E-state index < -0.39 is 0 Å². The summed E-state index contributed by atoms with van der Waals surface area (Å²) >= 11 is 10.1. The van der Waals surface area contributed by atoms with Crippen LogP contribution in [0.2, 0.25) is 5.02 Å². The third kappa shape index (κ3) is 3.36. The lowest BCUT2D eigenvalue weighted by Crippen LogP contribution is -1.97. The van der Waals surface area contributed by atoms with Crippen molar-refractivity contribution in [3.63, 3.8) is 0 Å². The Morgan fingerprint density at radius 2 is 1.70 bits per heavy atom. The van der Waals surface area contributed by atoms with Gasteiger partial charge in [-0.3, -0.25) is 0 Å². The molecule has 0 aliphatic rings. The molecule has 3 heteroatoms. The van der Waals surface area contributed by atoms with Crippen molar-refractivity contribution in [2.24, 2.45) is 0 Å². The summed E-state index contributed by atoms with van der Waals surface area (Å²) < 4.78 is 5.46. The van der Waals surface area contributed by atoms with Crippen molar-refractivity contribution < 1.29 is 4.74 Å². The predicted octanol–water partition coefficient (Wildman–Crippen LogP) is 5.84. The molecule has 1 atom stereocenters. The lowest BCUT2D eigenvalue weighted by atomic mass is 10.00. The molecule has 0 heterocycles. The minimum Gasteiger partial charge on any atom is -0.494 e. The Kier molecular flexibility index (Phi) is 5.11. The first-order valence-electron chi connectivity index (χ1n) is 6.66. The van der Waals surface area contributed by atoms with Gasteiger partial charge in [0.1, 0.15) is 5.75 Å². The van der Waals surface area contributed by atoms with Crippen molar-refractivity contribution in [1.82, 2.24) is 0 Å². The summed E-state index contributed by atoms with van der Waals surface area (Å²) in [6.45, 7) is 6.84. The molecule has 0 N–H and O–H groups in total. The summed E-state index contributed by atoms with van der Waals surface area (Å²) in [4.78, 5) is 0.0879. The van der Waals surface area contributed by atoms with E-state index in [-0.39, 0.29) is 4.83 Å². The molecule has 0 amide bonds. The second kappa shape index (κ2) is 6.64. The number of hydrogen-bond acceptors (Lipinski definition) is 1. The molecular weight excluding hydrogens is 336 g/mol. The summed E-state index contributed by atoms with van der Waals surface area (Å²) in [5.74, 6) is 0.891. The normalized spacial score (nSPS) is 12.2. The monoisotopic (exact) mass is 352 g/mol. The van der Waals surface area contributed by atoms with Crippen LogP contribution in [-0.4, -0.2) is 6.61 Å². The van der Waals surface area contributed by atoms with Crippen molar-refractivity contribution in [1.29, 1.82) is 0 Å². The minimum atomic E-state index is 0.0879. The van der Waals surface area contributed by atoms with Gasteiger partial charge in [0.25, 0.3) is 0 Å². The Balaban J connectivity index is 2.31. The molecule has 0 radical (unpaired) electrons. The SMILES string of the molecule is CCOc1ccc(C(Br)c2cc(C)c(C)cc2Cl)cc1. The lowest BCUT2D eigenvalue weighted by molar-refractivity contribution is 0.340. The molecule has 0 aromatic heterocycles. The van der Waals surface area contributed by atoms with Crippen molar-refractivity contribution in [3.05, 3.63) is 63.7 Å². The molecule has 2 aromatic carbocycles. The van der Waals surface area contributed by atoms with E-state index in [0.717, 1.165) is 16.3 Å². The first-order chi connectivity index (χ1) is 9.52. The molecule has 0 saturated heterocycles. The topological polar surface area (TPSA) is 9.23 Å². The molecule has 20 heavy (non-hydrogen) atoms. The zero-order valence-electron chi connectivity index (χ0n) is 11.9. The quantitative estimate of drug-likeness (QED) is 0.627. The molecule has 0 aliphatic carbocycles. The number of rotatable bonds is 4. The fraction of sp³-hybridized carbons (Fsp3) is 0.294. The van der Waals surface area contributed by atoms with Crippen molar-refractivity contribution >= 4 is 27.5 Å².